The molecular weight excluding hydrogens is 402 g/mol. The van der Waals surface area contributed by atoms with Crippen LogP contribution in [0.3, 0.4) is 0 Å². The van der Waals surface area contributed by atoms with Gasteiger partial charge in [0.15, 0.2) is 15.7 Å². The first-order chi connectivity index (χ1) is 14.4. The number of benzene rings is 1. The third-order valence-corrected chi connectivity index (χ3v) is 6.59. The highest BCUT2D eigenvalue weighted by Crippen LogP contribution is 2.35. The van der Waals surface area contributed by atoms with Gasteiger partial charge in [0.2, 0.25) is 0 Å². The molecule has 30 heavy (non-hydrogen) atoms. The third-order valence-electron chi connectivity index (χ3n) is 5.48. The van der Waals surface area contributed by atoms with Crippen LogP contribution in [0.25, 0.3) is 22.2 Å². The number of piperidine rings is 1. The monoisotopic (exact) mass is 427 g/mol. The van der Waals surface area contributed by atoms with E-state index in [1.807, 2.05) is 6.07 Å². The van der Waals surface area contributed by atoms with E-state index >= 15 is 0 Å². The lowest BCUT2D eigenvalue weighted by molar-refractivity contribution is 0.226. The van der Waals surface area contributed by atoms with Crippen LogP contribution < -0.4 is 5.32 Å². The fourth-order valence-electron chi connectivity index (χ4n) is 3.88. The van der Waals surface area contributed by atoms with Crippen molar-refractivity contribution in [3.05, 3.63) is 36.5 Å². The van der Waals surface area contributed by atoms with E-state index in [4.69, 9.17) is 0 Å². The standard InChI is InChI=1S/C21H25N5O3S/c1-3-26-11-5-6-14(13-26)23-21-20-17(7-4-10-22-20)19(24-25-21)16-9-8-15(12-18(16)27)30(2,28)29/h4,7-10,12,14,27H,3,5-6,11,13H2,1-2H3,(H,23,25). The molecule has 0 bridgehead atoms. The molecule has 2 N–H and O–H groups in total. The molecule has 1 atom stereocenters. The minimum atomic E-state index is -3.42. The maximum Gasteiger partial charge on any atom is 0.175 e. The van der Waals surface area contributed by atoms with E-state index in [1.165, 1.54) is 12.1 Å². The van der Waals surface area contributed by atoms with E-state index in [0.29, 0.717) is 22.6 Å². The fraction of sp³-hybridized carbons (Fsp3) is 0.381. The molecule has 1 saturated heterocycles. The number of pyridine rings is 1. The molecule has 9 heteroatoms. The predicted octanol–water partition coefficient (Wildman–Crippen LogP) is 2.70. The van der Waals surface area contributed by atoms with Crippen molar-refractivity contribution >= 4 is 26.6 Å². The van der Waals surface area contributed by atoms with Crippen LogP contribution in [0.1, 0.15) is 19.8 Å². The molecule has 1 fully saturated rings. The first-order valence-electron chi connectivity index (χ1n) is 10.0. The molecule has 0 saturated carbocycles. The molecule has 0 amide bonds. The molecule has 0 radical (unpaired) electrons. The van der Waals surface area contributed by atoms with Crippen LogP contribution in [-0.2, 0) is 9.84 Å². The predicted molar refractivity (Wildman–Crippen MR) is 116 cm³/mol. The number of nitrogens with one attached hydrogen (secondary N) is 1. The zero-order valence-electron chi connectivity index (χ0n) is 17.0. The highest BCUT2D eigenvalue weighted by Gasteiger charge is 2.22. The van der Waals surface area contributed by atoms with Crippen molar-refractivity contribution in [1.82, 2.24) is 20.1 Å². The quantitative estimate of drug-likeness (QED) is 0.640. The molecule has 158 valence electrons. The average molecular weight is 428 g/mol. The van der Waals surface area contributed by atoms with Gasteiger partial charge in [0.25, 0.3) is 0 Å². The molecule has 3 heterocycles. The Morgan fingerprint density at radius 2 is 2.10 bits per heavy atom. The van der Waals surface area contributed by atoms with Gasteiger partial charge >= 0.3 is 0 Å². The number of hydrogen-bond donors (Lipinski definition) is 2. The Morgan fingerprint density at radius 3 is 2.83 bits per heavy atom. The number of nitrogens with zero attached hydrogens (tertiary/aromatic N) is 4. The minimum absolute atomic E-state index is 0.0511. The Kier molecular flexibility index (Phi) is 5.57. The number of hydrogen-bond acceptors (Lipinski definition) is 8. The molecule has 0 aliphatic carbocycles. The summed E-state index contributed by atoms with van der Waals surface area (Å²) in [6.07, 6.45) is 4.99. The normalized spacial score (nSPS) is 17.9. The second kappa shape index (κ2) is 8.16. The second-order valence-electron chi connectivity index (χ2n) is 7.62. The number of aromatic hydroxyl groups is 1. The average Bonchev–Trinajstić information content (AvgIpc) is 2.74. The van der Waals surface area contributed by atoms with Crippen LogP contribution in [0.4, 0.5) is 5.82 Å². The van der Waals surface area contributed by atoms with Crippen LogP contribution in [0.5, 0.6) is 5.75 Å². The van der Waals surface area contributed by atoms with E-state index in [0.717, 1.165) is 44.1 Å². The summed E-state index contributed by atoms with van der Waals surface area (Å²) in [5.41, 5.74) is 1.54. The molecule has 1 aliphatic rings. The number of fused-ring (bicyclic) bond motifs is 1. The van der Waals surface area contributed by atoms with Gasteiger partial charge in [-0.15, -0.1) is 10.2 Å². The second-order valence-corrected chi connectivity index (χ2v) is 9.64. The number of likely N-dealkylation sites (tertiary alicyclic amines) is 1. The molecule has 0 spiro atoms. The number of sulfone groups is 1. The van der Waals surface area contributed by atoms with Crippen LogP contribution in [0.2, 0.25) is 0 Å². The summed E-state index contributed by atoms with van der Waals surface area (Å²) >= 11 is 0. The van der Waals surface area contributed by atoms with Gasteiger partial charge in [-0.1, -0.05) is 6.92 Å². The Balaban J connectivity index is 1.73. The summed E-state index contributed by atoms with van der Waals surface area (Å²) in [6.45, 7) is 5.24. The van der Waals surface area contributed by atoms with Crippen LogP contribution in [-0.4, -0.2) is 65.5 Å². The molecular formula is C21H25N5O3S. The van der Waals surface area contributed by atoms with Gasteiger partial charge in [-0.2, -0.15) is 0 Å². The molecule has 2 aromatic heterocycles. The lowest BCUT2D eigenvalue weighted by atomic mass is 10.0. The highest BCUT2D eigenvalue weighted by atomic mass is 32.2. The number of phenolic OH excluding ortho intramolecular Hbond substituents is 1. The van der Waals surface area contributed by atoms with Crippen molar-refractivity contribution in [2.24, 2.45) is 0 Å². The molecule has 3 aromatic rings. The maximum atomic E-state index is 11.8. The van der Waals surface area contributed by atoms with E-state index in [9.17, 15) is 13.5 Å². The van der Waals surface area contributed by atoms with Crippen LogP contribution >= 0.6 is 0 Å². The molecule has 1 aromatic carbocycles. The zero-order valence-corrected chi connectivity index (χ0v) is 17.9. The van der Waals surface area contributed by atoms with Gasteiger partial charge in [0.05, 0.1) is 4.90 Å². The summed E-state index contributed by atoms with van der Waals surface area (Å²) in [5.74, 6) is 0.452. The van der Waals surface area contributed by atoms with Gasteiger partial charge in [-0.3, -0.25) is 4.98 Å². The Labute approximate surface area is 175 Å². The Bertz CT molecular complexity index is 1180. The summed E-state index contributed by atoms with van der Waals surface area (Å²) in [4.78, 5) is 6.96. The maximum absolute atomic E-state index is 11.8. The summed E-state index contributed by atoms with van der Waals surface area (Å²) in [6, 6.07) is 8.20. The fourth-order valence-corrected chi connectivity index (χ4v) is 4.52. The number of aromatic nitrogens is 3. The summed E-state index contributed by atoms with van der Waals surface area (Å²) in [7, 11) is -3.42. The Hall–Kier alpha value is -2.78. The van der Waals surface area contributed by atoms with Gasteiger partial charge in [0.1, 0.15) is 17.0 Å². The Morgan fingerprint density at radius 1 is 1.27 bits per heavy atom. The van der Waals surface area contributed by atoms with Crippen LogP contribution in [0, 0.1) is 0 Å². The summed E-state index contributed by atoms with van der Waals surface area (Å²) in [5, 5.41) is 23.4. The highest BCUT2D eigenvalue weighted by molar-refractivity contribution is 7.90. The van der Waals surface area contributed by atoms with Crippen LogP contribution in [0.15, 0.2) is 41.4 Å². The molecule has 8 nitrogen and oxygen atoms in total. The number of phenols is 1. The van der Waals surface area contributed by atoms with Gasteiger partial charge in [-0.05, 0) is 56.3 Å². The molecule has 4 rings (SSSR count). The summed E-state index contributed by atoms with van der Waals surface area (Å²) < 4.78 is 23.5. The van der Waals surface area contributed by atoms with Crippen molar-refractivity contribution in [3.63, 3.8) is 0 Å². The first kappa shape index (κ1) is 20.5. The largest absolute Gasteiger partial charge is 0.507 e. The zero-order chi connectivity index (χ0) is 21.3. The lowest BCUT2D eigenvalue weighted by Gasteiger charge is -2.32. The van der Waals surface area contributed by atoms with E-state index in [1.54, 1.807) is 18.3 Å². The third kappa shape index (κ3) is 4.08. The van der Waals surface area contributed by atoms with E-state index in [2.05, 4.69) is 32.3 Å². The van der Waals surface area contributed by atoms with Crippen molar-refractivity contribution in [1.29, 1.82) is 0 Å². The lowest BCUT2D eigenvalue weighted by Crippen LogP contribution is -2.42. The minimum Gasteiger partial charge on any atom is -0.507 e. The molecule has 1 aliphatic heterocycles. The van der Waals surface area contributed by atoms with Crippen molar-refractivity contribution < 1.29 is 13.5 Å². The van der Waals surface area contributed by atoms with E-state index < -0.39 is 9.84 Å². The topological polar surface area (TPSA) is 108 Å². The van der Waals surface area contributed by atoms with E-state index in [-0.39, 0.29) is 16.7 Å². The first-order valence-corrected chi connectivity index (χ1v) is 11.9. The number of rotatable bonds is 5. The van der Waals surface area contributed by atoms with Crippen molar-refractivity contribution in [2.45, 2.75) is 30.7 Å². The van der Waals surface area contributed by atoms with Crippen molar-refractivity contribution in [2.75, 3.05) is 31.2 Å². The van der Waals surface area contributed by atoms with Gasteiger partial charge < -0.3 is 15.3 Å². The van der Waals surface area contributed by atoms with Gasteiger partial charge in [0, 0.05) is 36.0 Å². The number of anilines is 1. The smallest absolute Gasteiger partial charge is 0.175 e. The van der Waals surface area contributed by atoms with Crippen molar-refractivity contribution in [3.8, 4) is 17.0 Å². The van der Waals surface area contributed by atoms with Gasteiger partial charge in [-0.25, -0.2) is 8.42 Å². The SMILES string of the molecule is CCN1CCCC(Nc2nnc(-c3ccc(S(C)(=O)=O)cc3O)c3cccnc23)C1. The number of likely N-dealkylation sites (N-methyl/N-ethyl adjacent to an activating group) is 1. The molecule has 1 unspecified atom stereocenters.